The Hall–Kier alpha value is -0.820. The predicted octanol–water partition coefficient (Wildman–Crippen LogP) is 1.80. The van der Waals surface area contributed by atoms with Crippen LogP contribution in [-0.2, 0) is 10.0 Å². The van der Waals surface area contributed by atoms with E-state index in [4.69, 9.17) is 10.5 Å². The van der Waals surface area contributed by atoms with E-state index in [0.717, 1.165) is 18.4 Å². The van der Waals surface area contributed by atoms with Crippen molar-refractivity contribution in [3.05, 3.63) is 29.8 Å². The van der Waals surface area contributed by atoms with Gasteiger partial charge in [0.05, 0.1) is 5.75 Å². The van der Waals surface area contributed by atoms with E-state index in [0.29, 0.717) is 31.3 Å². The number of rotatable bonds is 6. The van der Waals surface area contributed by atoms with E-state index in [1.165, 1.54) is 0 Å². The molecule has 0 bridgehead atoms. The molecule has 0 aromatic heterocycles. The zero-order chi connectivity index (χ0) is 15.3. The topological polar surface area (TPSA) is 72.6 Å². The summed E-state index contributed by atoms with van der Waals surface area (Å²) >= 11 is 0. The molecule has 0 unspecified atom stereocenters. The lowest BCUT2D eigenvalue weighted by Gasteiger charge is -2.30. The van der Waals surface area contributed by atoms with Crippen molar-refractivity contribution in [3.8, 4) is 5.75 Å². The standard InChI is InChI=1S/C15H24N2O3S.ClH/c1-13-2-4-15(5-3-13)20-10-11-21(18,19)17-8-6-14(12-16)7-9-17;/h2-5,14H,6-12,16H2,1H3;1H. The van der Waals surface area contributed by atoms with Crippen molar-refractivity contribution in [2.24, 2.45) is 11.7 Å². The zero-order valence-electron chi connectivity index (χ0n) is 12.9. The van der Waals surface area contributed by atoms with Crippen molar-refractivity contribution in [1.29, 1.82) is 0 Å². The molecule has 5 nitrogen and oxygen atoms in total. The Kier molecular flexibility index (Phi) is 7.62. The number of sulfonamides is 1. The molecule has 1 fully saturated rings. The van der Waals surface area contributed by atoms with Crippen LogP contribution in [0, 0.1) is 12.8 Å². The summed E-state index contributed by atoms with van der Waals surface area (Å²) in [6.45, 7) is 3.98. The van der Waals surface area contributed by atoms with E-state index in [9.17, 15) is 8.42 Å². The summed E-state index contributed by atoms with van der Waals surface area (Å²) < 4.78 is 31.6. The fraction of sp³-hybridized carbons (Fsp3) is 0.600. The molecule has 1 aromatic carbocycles. The molecule has 0 amide bonds. The van der Waals surface area contributed by atoms with E-state index in [1.54, 1.807) is 4.31 Å². The lowest BCUT2D eigenvalue weighted by molar-refractivity contribution is 0.274. The van der Waals surface area contributed by atoms with E-state index in [1.807, 2.05) is 31.2 Å². The first-order valence-electron chi connectivity index (χ1n) is 7.38. The van der Waals surface area contributed by atoms with Crippen molar-refractivity contribution in [3.63, 3.8) is 0 Å². The molecule has 1 aliphatic heterocycles. The number of halogens is 1. The fourth-order valence-electron chi connectivity index (χ4n) is 2.45. The van der Waals surface area contributed by atoms with Gasteiger partial charge in [0.25, 0.3) is 0 Å². The van der Waals surface area contributed by atoms with E-state index in [-0.39, 0.29) is 24.8 Å². The molecular formula is C15H25ClN2O3S. The van der Waals surface area contributed by atoms with Gasteiger partial charge in [-0.1, -0.05) is 17.7 Å². The Labute approximate surface area is 139 Å². The number of piperidine rings is 1. The third-order valence-electron chi connectivity index (χ3n) is 3.93. The second-order valence-electron chi connectivity index (χ2n) is 5.56. The van der Waals surface area contributed by atoms with E-state index in [2.05, 4.69) is 0 Å². The van der Waals surface area contributed by atoms with Crippen LogP contribution in [0.3, 0.4) is 0 Å². The minimum atomic E-state index is -3.23. The van der Waals surface area contributed by atoms with Gasteiger partial charge in [0, 0.05) is 13.1 Å². The maximum absolute atomic E-state index is 12.2. The highest BCUT2D eigenvalue weighted by Gasteiger charge is 2.27. The average molecular weight is 349 g/mol. The van der Waals surface area contributed by atoms with Gasteiger partial charge in [-0.05, 0) is 44.4 Å². The zero-order valence-corrected chi connectivity index (χ0v) is 14.5. The third-order valence-corrected chi connectivity index (χ3v) is 5.77. The summed E-state index contributed by atoms with van der Waals surface area (Å²) in [6.07, 6.45) is 1.71. The largest absolute Gasteiger partial charge is 0.492 e. The highest BCUT2D eigenvalue weighted by molar-refractivity contribution is 7.89. The fourth-order valence-corrected chi connectivity index (χ4v) is 3.77. The number of ether oxygens (including phenoxy) is 1. The first-order valence-corrected chi connectivity index (χ1v) is 8.99. The van der Waals surface area contributed by atoms with E-state index >= 15 is 0 Å². The van der Waals surface area contributed by atoms with Crippen molar-refractivity contribution < 1.29 is 13.2 Å². The first kappa shape index (κ1) is 19.2. The van der Waals surface area contributed by atoms with Gasteiger partial charge in [-0.2, -0.15) is 0 Å². The SMILES string of the molecule is Cc1ccc(OCCS(=O)(=O)N2CCC(CN)CC2)cc1.Cl. The Morgan fingerprint density at radius 3 is 2.36 bits per heavy atom. The van der Waals surface area contributed by atoms with Gasteiger partial charge in [0.2, 0.25) is 10.0 Å². The van der Waals surface area contributed by atoms with Gasteiger partial charge in [0.1, 0.15) is 12.4 Å². The summed E-state index contributed by atoms with van der Waals surface area (Å²) in [5, 5.41) is 0. The van der Waals surface area contributed by atoms with Gasteiger partial charge in [-0.25, -0.2) is 12.7 Å². The summed E-state index contributed by atoms with van der Waals surface area (Å²) in [5.74, 6) is 1.19. The number of nitrogens with two attached hydrogens (primary N) is 1. The number of hydrogen-bond acceptors (Lipinski definition) is 4. The molecule has 2 rings (SSSR count). The molecule has 22 heavy (non-hydrogen) atoms. The quantitative estimate of drug-likeness (QED) is 0.850. The molecule has 0 saturated carbocycles. The molecule has 0 spiro atoms. The molecule has 0 radical (unpaired) electrons. The number of aryl methyl sites for hydroxylation is 1. The summed E-state index contributed by atoms with van der Waals surface area (Å²) in [7, 11) is -3.23. The van der Waals surface area contributed by atoms with Crippen LogP contribution >= 0.6 is 12.4 Å². The lowest BCUT2D eigenvalue weighted by atomic mass is 9.99. The number of nitrogens with zero attached hydrogens (tertiary/aromatic N) is 1. The molecule has 2 N–H and O–H groups in total. The first-order chi connectivity index (χ1) is 10.0. The molecule has 1 aliphatic rings. The second-order valence-corrected chi connectivity index (χ2v) is 7.64. The number of hydrogen-bond donors (Lipinski definition) is 1. The van der Waals surface area contributed by atoms with Gasteiger partial charge in [0.15, 0.2) is 0 Å². The highest BCUT2D eigenvalue weighted by atomic mass is 35.5. The smallest absolute Gasteiger partial charge is 0.217 e. The van der Waals surface area contributed by atoms with Crippen LogP contribution in [0.15, 0.2) is 24.3 Å². The van der Waals surface area contributed by atoms with Crippen molar-refractivity contribution in [2.75, 3.05) is 32.0 Å². The highest BCUT2D eigenvalue weighted by Crippen LogP contribution is 2.19. The van der Waals surface area contributed by atoms with Crippen molar-refractivity contribution >= 4 is 22.4 Å². The van der Waals surface area contributed by atoms with Crippen LogP contribution in [0.25, 0.3) is 0 Å². The molecule has 1 heterocycles. The third kappa shape index (κ3) is 5.43. The number of benzene rings is 1. The van der Waals surface area contributed by atoms with Gasteiger partial charge in [-0.15, -0.1) is 12.4 Å². The maximum Gasteiger partial charge on any atom is 0.217 e. The van der Waals surface area contributed by atoms with Crippen molar-refractivity contribution in [1.82, 2.24) is 4.31 Å². The Balaban J connectivity index is 0.00000242. The normalized spacial score (nSPS) is 17.0. The average Bonchev–Trinajstić information content (AvgIpc) is 2.49. The molecule has 0 aliphatic carbocycles. The molecule has 126 valence electrons. The van der Waals surface area contributed by atoms with Crippen LogP contribution in [0.1, 0.15) is 18.4 Å². The molecule has 1 aromatic rings. The Bertz CT molecular complexity index is 540. The molecule has 1 saturated heterocycles. The van der Waals surface area contributed by atoms with Gasteiger partial charge >= 0.3 is 0 Å². The van der Waals surface area contributed by atoms with Gasteiger partial charge < -0.3 is 10.5 Å². The van der Waals surface area contributed by atoms with E-state index < -0.39 is 10.0 Å². The minimum absolute atomic E-state index is 0. The van der Waals surface area contributed by atoms with Crippen LogP contribution in [-0.4, -0.2) is 44.7 Å². The van der Waals surface area contributed by atoms with Crippen LogP contribution in [0.4, 0.5) is 0 Å². The predicted molar refractivity (Wildman–Crippen MR) is 91.1 cm³/mol. The lowest BCUT2D eigenvalue weighted by Crippen LogP contribution is -2.41. The minimum Gasteiger partial charge on any atom is -0.492 e. The summed E-state index contributed by atoms with van der Waals surface area (Å²) in [4.78, 5) is 0. The maximum atomic E-state index is 12.2. The molecule has 7 heteroatoms. The summed E-state index contributed by atoms with van der Waals surface area (Å²) in [5.41, 5.74) is 6.78. The van der Waals surface area contributed by atoms with Crippen LogP contribution < -0.4 is 10.5 Å². The van der Waals surface area contributed by atoms with Crippen molar-refractivity contribution in [2.45, 2.75) is 19.8 Å². The van der Waals surface area contributed by atoms with Crippen LogP contribution in [0.5, 0.6) is 5.75 Å². The molecule has 0 atom stereocenters. The van der Waals surface area contributed by atoms with Gasteiger partial charge in [-0.3, -0.25) is 0 Å². The summed E-state index contributed by atoms with van der Waals surface area (Å²) in [6, 6.07) is 7.60. The second kappa shape index (κ2) is 8.72. The van der Waals surface area contributed by atoms with Crippen LogP contribution in [0.2, 0.25) is 0 Å². The Morgan fingerprint density at radius 1 is 1.23 bits per heavy atom. The Morgan fingerprint density at radius 2 is 1.82 bits per heavy atom. The molecular weight excluding hydrogens is 324 g/mol. The monoisotopic (exact) mass is 348 g/mol.